The molecule has 0 aliphatic rings. The normalized spacial score (nSPS) is 11.4. The van der Waals surface area contributed by atoms with Crippen molar-refractivity contribution in [1.29, 1.82) is 0 Å². The molecular weight excluding hydrogens is 358 g/mol. The standard InChI is InChI=1S/C18H14F2N4O3/c1-26-13-4-6-21-12-3-2-10(8-11(12)13)24-16-14(27-9-15(19)20)5-7-22-17(16)23-18(24)25/h2-8,15H,9H2,1H3,(H,22,23,25). The number of aromatic amines is 1. The van der Waals surface area contributed by atoms with Crippen molar-refractivity contribution in [2.45, 2.75) is 6.43 Å². The van der Waals surface area contributed by atoms with Gasteiger partial charge in [-0.3, -0.25) is 14.5 Å². The van der Waals surface area contributed by atoms with Crippen molar-refractivity contribution >= 4 is 22.1 Å². The van der Waals surface area contributed by atoms with Crippen molar-refractivity contribution in [3.63, 3.8) is 0 Å². The zero-order valence-corrected chi connectivity index (χ0v) is 14.1. The van der Waals surface area contributed by atoms with Gasteiger partial charge in [-0.05, 0) is 24.3 Å². The molecule has 0 unspecified atom stereocenters. The summed E-state index contributed by atoms with van der Waals surface area (Å²) < 4.78 is 37.0. The van der Waals surface area contributed by atoms with Gasteiger partial charge in [0.1, 0.15) is 23.6 Å². The summed E-state index contributed by atoms with van der Waals surface area (Å²) in [7, 11) is 1.54. The van der Waals surface area contributed by atoms with Crippen LogP contribution in [0, 0.1) is 0 Å². The first kappa shape index (κ1) is 17.0. The number of benzene rings is 1. The number of fused-ring (bicyclic) bond motifs is 2. The predicted molar refractivity (Wildman–Crippen MR) is 95.0 cm³/mol. The Labute approximate surface area is 151 Å². The molecule has 3 heterocycles. The largest absolute Gasteiger partial charge is 0.496 e. The van der Waals surface area contributed by atoms with Gasteiger partial charge < -0.3 is 9.47 Å². The fourth-order valence-electron chi connectivity index (χ4n) is 2.94. The van der Waals surface area contributed by atoms with Gasteiger partial charge in [0.2, 0.25) is 0 Å². The molecule has 0 radical (unpaired) electrons. The molecule has 0 saturated carbocycles. The third-order valence-corrected chi connectivity index (χ3v) is 4.07. The Morgan fingerprint density at radius 2 is 1.93 bits per heavy atom. The van der Waals surface area contributed by atoms with E-state index in [0.717, 1.165) is 0 Å². The van der Waals surface area contributed by atoms with E-state index in [-0.39, 0.29) is 16.9 Å². The molecule has 138 valence electrons. The minimum atomic E-state index is -2.64. The zero-order chi connectivity index (χ0) is 19.0. The molecule has 0 spiro atoms. The van der Waals surface area contributed by atoms with Gasteiger partial charge in [-0.2, -0.15) is 0 Å². The summed E-state index contributed by atoms with van der Waals surface area (Å²) in [6.45, 7) is -0.784. The fourth-order valence-corrected chi connectivity index (χ4v) is 2.94. The number of alkyl halides is 2. The fraction of sp³-hybridized carbons (Fsp3) is 0.167. The Morgan fingerprint density at radius 1 is 1.15 bits per heavy atom. The number of nitrogens with one attached hydrogen (secondary N) is 1. The Kier molecular flexibility index (Phi) is 4.19. The molecule has 0 amide bonds. The maximum atomic E-state index is 12.6. The second-order valence-corrected chi connectivity index (χ2v) is 5.69. The average Bonchev–Trinajstić information content (AvgIpc) is 3.01. The highest BCUT2D eigenvalue weighted by atomic mass is 19.3. The molecule has 0 aliphatic heterocycles. The minimum absolute atomic E-state index is 0.136. The molecule has 1 aromatic carbocycles. The van der Waals surface area contributed by atoms with E-state index in [2.05, 4.69) is 15.0 Å². The third-order valence-electron chi connectivity index (χ3n) is 4.07. The molecule has 0 bridgehead atoms. The van der Waals surface area contributed by atoms with Crippen LogP contribution in [-0.4, -0.2) is 39.7 Å². The summed E-state index contributed by atoms with van der Waals surface area (Å²) >= 11 is 0. The first-order valence-electron chi connectivity index (χ1n) is 8.02. The maximum Gasteiger partial charge on any atom is 0.332 e. The van der Waals surface area contributed by atoms with Crippen LogP contribution in [0.1, 0.15) is 0 Å². The molecule has 4 rings (SSSR count). The van der Waals surface area contributed by atoms with Crippen LogP contribution in [0.4, 0.5) is 8.78 Å². The van der Waals surface area contributed by atoms with E-state index in [4.69, 9.17) is 9.47 Å². The van der Waals surface area contributed by atoms with Gasteiger partial charge in [0.25, 0.3) is 6.43 Å². The lowest BCUT2D eigenvalue weighted by Crippen LogP contribution is -2.15. The first-order chi connectivity index (χ1) is 13.1. The number of H-pyrrole nitrogens is 1. The second kappa shape index (κ2) is 6.67. The van der Waals surface area contributed by atoms with Crippen molar-refractivity contribution in [1.82, 2.24) is 19.5 Å². The SMILES string of the molecule is COc1ccnc2ccc(-n3c(=O)[nH]c4nccc(OCC(F)F)c43)cc12. The van der Waals surface area contributed by atoms with Gasteiger partial charge in [0, 0.05) is 23.8 Å². The summed E-state index contributed by atoms with van der Waals surface area (Å²) in [6, 6.07) is 8.34. The van der Waals surface area contributed by atoms with Gasteiger partial charge in [0.05, 0.1) is 18.3 Å². The molecule has 0 fully saturated rings. The summed E-state index contributed by atoms with van der Waals surface area (Å²) in [6.07, 6.45) is 0.374. The van der Waals surface area contributed by atoms with Crippen LogP contribution in [0.25, 0.3) is 27.8 Å². The molecular formula is C18H14F2N4O3. The first-order valence-corrected chi connectivity index (χ1v) is 8.02. The monoisotopic (exact) mass is 372 g/mol. The predicted octanol–water partition coefficient (Wildman–Crippen LogP) is 2.91. The maximum absolute atomic E-state index is 12.6. The van der Waals surface area contributed by atoms with Gasteiger partial charge in [-0.1, -0.05) is 0 Å². The summed E-state index contributed by atoms with van der Waals surface area (Å²) in [4.78, 5) is 23.5. The number of hydrogen-bond donors (Lipinski definition) is 1. The minimum Gasteiger partial charge on any atom is -0.496 e. The molecule has 3 aromatic heterocycles. The van der Waals surface area contributed by atoms with Crippen LogP contribution < -0.4 is 15.2 Å². The highest BCUT2D eigenvalue weighted by Crippen LogP contribution is 2.29. The van der Waals surface area contributed by atoms with Crippen LogP contribution in [0.2, 0.25) is 0 Å². The molecule has 7 nitrogen and oxygen atoms in total. The van der Waals surface area contributed by atoms with Gasteiger partial charge in [0.15, 0.2) is 5.65 Å². The summed E-state index contributed by atoms with van der Waals surface area (Å²) in [5, 5.41) is 0.706. The van der Waals surface area contributed by atoms with E-state index < -0.39 is 18.7 Å². The van der Waals surface area contributed by atoms with E-state index in [0.29, 0.717) is 22.3 Å². The van der Waals surface area contributed by atoms with E-state index in [1.165, 1.54) is 16.8 Å². The number of methoxy groups -OCH3 is 1. The quantitative estimate of drug-likeness (QED) is 0.583. The van der Waals surface area contributed by atoms with Crippen molar-refractivity contribution in [3.05, 3.63) is 53.2 Å². The van der Waals surface area contributed by atoms with Crippen LogP contribution in [0.15, 0.2) is 47.5 Å². The van der Waals surface area contributed by atoms with Gasteiger partial charge in [-0.25, -0.2) is 18.6 Å². The molecule has 9 heteroatoms. The molecule has 0 atom stereocenters. The van der Waals surface area contributed by atoms with E-state index >= 15 is 0 Å². The van der Waals surface area contributed by atoms with E-state index in [1.54, 1.807) is 37.6 Å². The van der Waals surface area contributed by atoms with Crippen LogP contribution in [0.5, 0.6) is 11.5 Å². The lowest BCUT2D eigenvalue weighted by atomic mass is 10.2. The number of nitrogens with zero attached hydrogens (tertiary/aromatic N) is 3. The van der Waals surface area contributed by atoms with Crippen LogP contribution in [-0.2, 0) is 0 Å². The number of aromatic nitrogens is 4. The lowest BCUT2D eigenvalue weighted by Gasteiger charge is -2.11. The Morgan fingerprint density at radius 3 is 2.70 bits per heavy atom. The molecule has 27 heavy (non-hydrogen) atoms. The summed E-state index contributed by atoms with van der Waals surface area (Å²) in [5.74, 6) is 0.735. The molecule has 0 aliphatic carbocycles. The van der Waals surface area contributed by atoms with Crippen LogP contribution in [0.3, 0.4) is 0 Å². The Bertz CT molecular complexity index is 1190. The summed E-state index contributed by atoms with van der Waals surface area (Å²) in [5.41, 5.74) is 1.25. The number of rotatable bonds is 5. The smallest absolute Gasteiger partial charge is 0.332 e. The zero-order valence-electron chi connectivity index (χ0n) is 14.1. The van der Waals surface area contributed by atoms with Crippen LogP contribution >= 0.6 is 0 Å². The number of ether oxygens (including phenoxy) is 2. The van der Waals surface area contributed by atoms with Crippen molar-refractivity contribution in [2.75, 3.05) is 13.7 Å². The number of hydrogen-bond acceptors (Lipinski definition) is 5. The second-order valence-electron chi connectivity index (χ2n) is 5.69. The molecule has 1 N–H and O–H groups in total. The highest BCUT2D eigenvalue weighted by molar-refractivity contribution is 5.88. The Balaban J connectivity index is 1.94. The topological polar surface area (TPSA) is 82.0 Å². The van der Waals surface area contributed by atoms with E-state index in [1.807, 2.05) is 0 Å². The third kappa shape index (κ3) is 2.97. The Hall–Kier alpha value is -3.49. The van der Waals surface area contributed by atoms with Crippen molar-refractivity contribution < 1.29 is 18.3 Å². The number of imidazole rings is 1. The number of halogens is 2. The van der Waals surface area contributed by atoms with Crippen molar-refractivity contribution in [2.24, 2.45) is 0 Å². The molecule has 4 aromatic rings. The average molecular weight is 372 g/mol. The van der Waals surface area contributed by atoms with Crippen molar-refractivity contribution in [3.8, 4) is 17.2 Å². The van der Waals surface area contributed by atoms with E-state index in [9.17, 15) is 13.6 Å². The number of pyridine rings is 2. The highest BCUT2D eigenvalue weighted by Gasteiger charge is 2.17. The lowest BCUT2D eigenvalue weighted by molar-refractivity contribution is 0.0825. The van der Waals surface area contributed by atoms with Gasteiger partial charge >= 0.3 is 5.69 Å². The van der Waals surface area contributed by atoms with Gasteiger partial charge in [-0.15, -0.1) is 0 Å². The molecule has 0 saturated heterocycles.